The number of hydrogen-bond donors (Lipinski definition) is 0. The first-order valence-corrected chi connectivity index (χ1v) is 11.2. The van der Waals surface area contributed by atoms with Gasteiger partial charge in [-0.3, -0.25) is 9.59 Å². The Labute approximate surface area is 190 Å². The standard InChI is InChI=1S/C26H31N3O3/c1-17(2)32-22-8-6-20(7-9-22)23-24(28-12-10-27(5)11-13-28)26(31)29(25(23)30)21-15-18(3)14-19(4)16-21/h6-9,14-17H,10-13H2,1-5H3. The van der Waals surface area contributed by atoms with Gasteiger partial charge in [-0.05, 0) is 75.7 Å². The fourth-order valence-corrected chi connectivity index (χ4v) is 4.39. The maximum absolute atomic E-state index is 13.7. The van der Waals surface area contributed by atoms with E-state index in [1.165, 1.54) is 4.90 Å². The highest BCUT2D eigenvalue weighted by Gasteiger charge is 2.43. The Morgan fingerprint density at radius 1 is 0.844 bits per heavy atom. The summed E-state index contributed by atoms with van der Waals surface area (Å²) in [4.78, 5) is 33.0. The SMILES string of the molecule is Cc1cc(C)cc(N2C(=O)C(c3ccc(OC(C)C)cc3)=C(N3CCN(C)CC3)C2=O)c1. The molecule has 0 aromatic heterocycles. The zero-order chi connectivity index (χ0) is 23.0. The number of benzene rings is 2. The number of amides is 2. The Hall–Kier alpha value is -3.12. The highest BCUT2D eigenvalue weighted by molar-refractivity contribution is 6.45. The van der Waals surface area contributed by atoms with E-state index in [1.807, 2.05) is 70.2 Å². The molecule has 6 nitrogen and oxygen atoms in total. The summed E-state index contributed by atoms with van der Waals surface area (Å²) in [6.45, 7) is 11.0. The average Bonchev–Trinajstić information content (AvgIpc) is 2.98. The van der Waals surface area contributed by atoms with Crippen LogP contribution in [0, 0.1) is 13.8 Å². The van der Waals surface area contributed by atoms with Crippen molar-refractivity contribution in [2.24, 2.45) is 0 Å². The molecule has 168 valence electrons. The van der Waals surface area contributed by atoms with Gasteiger partial charge in [0, 0.05) is 26.2 Å². The molecule has 6 heteroatoms. The van der Waals surface area contributed by atoms with E-state index in [1.54, 1.807) is 0 Å². The van der Waals surface area contributed by atoms with Crippen LogP contribution in [0.3, 0.4) is 0 Å². The molecule has 2 aromatic rings. The van der Waals surface area contributed by atoms with Crippen molar-refractivity contribution in [3.05, 3.63) is 64.9 Å². The summed E-state index contributed by atoms with van der Waals surface area (Å²) in [5.41, 5.74) is 4.37. The molecule has 32 heavy (non-hydrogen) atoms. The van der Waals surface area contributed by atoms with E-state index < -0.39 is 0 Å². The van der Waals surface area contributed by atoms with Crippen LogP contribution in [-0.2, 0) is 9.59 Å². The first kappa shape index (κ1) is 22.1. The molecule has 2 aliphatic heterocycles. The Morgan fingerprint density at radius 2 is 1.44 bits per heavy atom. The van der Waals surface area contributed by atoms with Gasteiger partial charge in [-0.15, -0.1) is 0 Å². The molecule has 0 aliphatic carbocycles. The molecule has 2 amide bonds. The van der Waals surface area contributed by atoms with Crippen LogP contribution >= 0.6 is 0 Å². The number of carbonyl (C=O) groups is 2. The number of imide groups is 1. The summed E-state index contributed by atoms with van der Waals surface area (Å²) >= 11 is 0. The highest BCUT2D eigenvalue weighted by atomic mass is 16.5. The van der Waals surface area contributed by atoms with E-state index in [0.717, 1.165) is 35.5 Å². The minimum atomic E-state index is -0.272. The van der Waals surface area contributed by atoms with E-state index in [-0.39, 0.29) is 17.9 Å². The molecule has 2 aromatic carbocycles. The summed E-state index contributed by atoms with van der Waals surface area (Å²) in [7, 11) is 2.07. The topological polar surface area (TPSA) is 53.1 Å². The number of likely N-dealkylation sites (N-methyl/N-ethyl adjacent to an activating group) is 1. The number of nitrogens with zero attached hydrogens (tertiary/aromatic N) is 3. The largest absolute Gasteiger partial charge is 0.491 e. The van der Waals surface area contributed by atoms with Crippen LogP contribution in [0.1, 0.15) is 30.5 Å². The quantitative estimate of drug-likeness (QED) is 0.674. The zero-order valence-corrected chi connectivity index (χ0v) is 19.5. The van der Waals surface area contributed by atoms with Gasteiger partial charge in [0.25, 0.3) is 11.8 Å². The molecule has 0 bridgehead atoms. The molecule has 2 heterocycles. The molecular formula is C26H31N3O3. The number of carbonyl (C=O) groups excluding carboxylic acids is 2. The van der Waals surface area contributed by atoms with Crippen molar-refractivity contribution in [3.63, 3.8) is 0 Å². The maximum Gasteiger partial charge on any atom is 0.282 e. The van der Waals surface area contributed by atoms with Crippen molar-refractivity contribution >= 4 is 23.1 Å². The third-order valence-electron chi connectivity index (χ3n) is 5.86. The Morgan fingerprint density at radius 3 is 2.00 bits per heavy atom. The number of piperazine rings is 1. The highest BCUT2D eigenvalue weighted by Crippen LogP contribution is 2.36. The first-order chi connectivity index (χ1) is 15.2. The second-order valence-electron chi connectivity index (χ2n) is 9.00. The third kappa shape index (κ3) is 4.28. The fourth-order valence-electron chi connectivity index (χ4n) is 4.39. The summed E-state index contributed by atoms with van der Waals surface area (Å²) in [5.74, 6) is 0.224. The first-order valence-electron chi connectivity index (χ1n) is 11.2. The van der Waals surface area contributed by atoms with E-state index >= 15 is 0 Å². The minimum Gasteiger partial charge on any atom is -0.491 e. The second kappa shape index (κ2) is 8.79. The lowest BCUT2D eigenvalue weighted by atomic mass is 10.0. The van der Waals surface area contributed by atoms with E-state index in [2.05, 4.69) is 16.8 Å². The summed E-state index contributed by atoms with van der Waals surface area (Å²) < 4.78 is 5.76. The van der Waals surface area contributed by atoms with Gasteiger partial charge in [-0.1, -0.05) is 18.2 Å². The number of rotatable bonds is 5. The number of anilines is 1. The monoisotopic (exact) mass is 433 g/mol. The minimum absolute atomic E-state index is 0.0655. The average molecular weight is 434 g/mol. The molecule has 0 atom stereocenters. The van der Waals surface area contributed by atoms with Gasteiger partial charge >= 0.3 is 0 Å². The molecule has 4 rings (SSSR count). The predicted octanol–water partition coefficient (Wildman–Crippen LogP) is 3.62. The van der Waals surface area contributed by atoms with Crippen LogP contribution < -0.4 is 9.64 Å². The van der Waals surface area contributed by atoms with Crippen LogP contribution in [0.15, 0.2) is 48.2 Å². The van der Waals surface area contributed by atoms with Crippen LogP contribution in [0.5, 0.6) is 5.75 Å². The molecule has 1 fully saturated rings. The third-order valence-corrected chi connectivity index (χ3v) is 5.86. The van der Waals surface area contributed by atoms with Gasteiger partial charge in [0.1, 0.15) is 11.4 Å². The summed E-state index contributed by atoms with van der Waals surface area (Å²) in [5, 5.41) is 0. The predicted molar refractivity (Wildman–Crippen MR) is 127 cm³/mol. The Balaban J connectivity index is 1.77. The van der Waals surface area contributed by atoms with E-state index in [9.17, 15) is 9.59 Å². The van der Waals surface area contributed by atoms with Crippen LogP contribution in [0.2, 0.25) is 0 Å². The van der Waals surface area contributed by atoms with Crippen LogP contribution in [0.4, 0.5) is 5.69 Å². The molecule has 0 saturated carbocycles. The van der Waals surface area contributed by atoms with Crippen molar-refractivity contribution in [2.45, 2.75) is 33.8 Å². The van der Waals surface area contributed by atoms with Crippen molar-refractivity contribution in [1.29, 1.82) is 0 Å². The Bertz CT molecular complexity index is 1040. The van der Waals surface area contributed by atoms with Gasteiger partial charge in [-0.25, -0.2) is 4.90 Å². The lowest BCUT2D eigenvalue weighted by molar-refractivity contribution is -0.120. The van der Waals surface area contributed by atoms with Gasteiger partial charge in [0.2, 0.25) is 0 Å². The lowest BCUT2D eigenvalue weighted by Crippen LogP contribution is -2.46. The van der Waals surface area contributed by atoms with Crippen LogP contribution in [0.25, 0.3) is 5.57 Å². The number of ether oxygens (including phenoxy) is 1. The van der Waals surface area contributed by atoms with Crippen LogP contribution in [-0.4, -0.2) is 60.9 Å². The molecule has 0 radical (unpaired) electrons. The lowest BCUT2D eigenvalue weighted by Gasteiger charge is -2.34. The number of hydrogen-bond acceptors (Lipinski definition) is 5. The van der Waals surface area contributed by atoms with Gasteiger partial charge in [-0.2, -0.15) is 0 Å². The van der Waals surface area contributed by atoms with Crippen molar-refractivity contribution in [3.8, 4) is 5.75 Å². The van der Waals surface area contributed by atoms with E-state index in [0.29, 0.717) is 30.0 Å². The normalized spacial score (nSPS) is 17.7. The second-order valence-corrected chi connectivity index (χ2v) is 9.00. The van der Waals surface area contributed by atoms with Crippen molar-refractivity contribution < 1.29 is 14.3 Å². The molecule has 0 N–H and O–H groups in total. The molecule has 2 aliphatic rings. The molecular weight excluding hydrogens is 402 g/mol. The summed E-state index contributed by atoms with van der Waals surface area (Å²) in [6.07, 6.45) is 0.0655. The molecule has 0 spiro atoms. The zero-order valence-electron chi connectivity index (χ0n) is 19.5. The van der Waals surface area contributed by atoms with Crippen molar-refractivity contribution in [2.75, 3.05) is 38.1 Å². The van der Waals surface area contributed by atoms with E-state index in [4.69, 9.17) is 4.74 Å². The van der Waals surface area contributed by atoms with Gasteiger partial charge in [0.15, 0.2) is 0 Å². The Kier molecular flexibility index (Phi) is 6.07. The molecule has 0 unspecified atom stereocenters. The molecule has 1 saturated heterocycles. The smallest absolute Gasteiger partial charge is 0.282 e. The number of aryl methyl sites for hydroxylation is 2. The van der Waals surface area contributed by atoms with Gasteiger partial charge < -0.3 is 14.5 Å². The summed E-state index contributed by atoms with van der Waals surface area (Å²) in [6, 6.07) is 13.3. The fraction of sp³-hybridized carbons (Fsp3) is 0.385. The van der Waals surface area contributed by atoms with Crippen molar-refractivity contribution in [1.82, 2.24) is 9.80 Å². The van der Waals surface area contributed by atoms with Gasteiger partial charge in [0.05, 0.1) is 17.4 Å². The maximum atomic E-state index is 13.7.